The second kappa shape index (κ2) is 7.69. The van der Waals surface area contributed by atoms with Gasteiger partial charge >= 0.3 is 6.03 Å². The van der Waals surface area contributed by atoms with E-state index in [1.807, 2.05) is 17.5 Å². The van der Waals surface area contributed by atoms with Gasteiger partial charge in [-0.05, 0) is 37.1 Å². The van der Waals surface area contributed by atoms with Gasteiger partial charge in [-0.15, -0.1) is 21.5 Å². The quantitative estimate of drug-likeness (QED) is 0.522. The summed E-state index contributed by atoms with van der Waals surface area (Å²) in [6, 6.07) is 3.79. The Balaban J connectivity index is 1.24. The molecule has 158 valence electrons. The van der Waals surface area contributed by atoms with Crippen LogP contribution in [0.4, 0.5) is 4.79 Å². The van der Waals surface area contributed by atoms with Crippen molar-refractivity contribution in [3.05, 3.63) is 17.5 Å². The highest BCUT2D eigenvalue weighted by Gasteiger charge is 2.52. The third-order valence-corrected chi connectivity index (χ3v) is 7.56. The number of imide groups is 1. The first kappa shape index (κ1) is 19.6. The van der Waals surface area contributed by atoms with Gasteiger partial charge in [0.2, 0.25) is 5.91 Å². The van der Waals surface area contributed by atoms with E-state index in [1.54, 1.807) is 11.3 Å². The smallest absolute Gasteiger partial charge is 0.322 e. The fraction of sp³-hybridized carbons (Fsp3) is 0.526. The topological polar surface area (TPSA) is 109 Å². The average molecular weight is 447 g/mol. The van der Waals surface area contributed by atoms with Crippen molar-refractivity contribution in [2.45, 2.75) is 61.7 Å². The first-order valence-electron chi connectivity index (χ1n) is 10.2. The highest BCUT2D eigenvalue weighted by molar-refractivity contribution is 7.99. The molecule has 3 heterocycles. The molecule has 0 radical (unpaired) electrons. The molecule has 1 saturated heterocycles. The van der Waals surface area contributed by atoms with Crippen LogP contribution in [0, 0.1) is 0 Å². The Morgan fingerprint density at radius 1 is 1.27 bits per heavy atom. The van der Waals surface area contributed by atoms with Gasteiger partial charge < -0.3 is 5.32 Å². The van der Waals surface area contributed by atoms with Crippen LogP contribution >= 0.6 is 23.1 Å². The van der Waals surface area contributed by atoms with Crippen LogP contribution in [0.5, 0.6) is 0 Å². The van der Waals surface area contributed by atoms with Crippen LogP contribution < -0.4 is 10.7 Å². The molecule has 2 aromatic heterocycles. The third-order valence-electron chi connectivity index (χ3n) is 5.76. The van der Waals surface area contributed by atoms with E-state index >= 15 is 0 Å². The summed E-state index contributed by atoms with van der Waals surface area (Å²) < 4.78 is 2.09. The number of carbonyl (C=O) groups is 3. The maximum absolute atomic E-state index is 12.8. The van der Waals surface area contributed by atoms with Gasteiger partial charge in [-0.2, -0.15) is 5.01 Å². The molecule has 1 spiro atoms. The van der Waals surface area contributed by atoms with Crippen LogP contribution in [0.3, 0.4) is 0 Å². The molecular formula is C19H22N6O3S2. The number of nitrogens with zero attached hydrogens (tertiary/aromatic N) is 4. The maximum atomic E-state index is 12.8. The van der Waals surface area contributed by atoms with Crippen molar-refractivity contribution < 1.29 is 14.4 Å². The second-order valence-electron chi connectivity index (χ2n) is 7.92. The summed E-state index contributed by atoms with van der Waals surface area (Å²) in [5.74, 6) is 0.0918. The summed E-state index contributed by atoms with van der Waals surface area (Å²) in [4.78, 5) is 38.6. The van der Waals surface area contributed by atoms with Crippen molar-refractivity contribution >= 4 is 40.9 Å². The number of nitrogens with one attached hydrogen (secondary N) is 2. The fourth-order valence-corrected chi connectivity index (χ4v) is 5.62. The Bertz CT molecular complexity index is 979. The van der Waals surface area contributed by atoms with Gasteiger partial charge in [0.25, 0.3) is 5.91 Å². The molecule has 0 bridgehead atoms. The van der Waals surface area contributed by atoms with E-state index in [-0.39, 0.29) is 11.7 Å². The molecule has 0 unspecified atom stereocenters. The molecule has 11 heteroatoms. The third kappa shape index (κ3) is 3.49. The number of rotatable bonds is 6. The van der Waals surface area contributed by atoms with E-state index in [0.29, 0.717) is 24.0 Å². The minimum Gasteiger partial charge on any atom is -0.322 e. The van der Waals surface area contributed by atoms with Gasteiger partial charge in [0, 0.05) is 6.04 Å². The number of thioether (sulfide) groups is 1. The summed E-state index contributed by atoms with van der Waals surface area (Å²) in [7, 11) is 0. The molecule has 1 aliphatic heterocycles. The van der Waals surface area contributed by atoms with Gasteiger partial charge in [-0.3, -0.25) is 19.6 Å². The molecule has 2 aromatic rings. The van der Waals surface area contributed by atoms with Crippen LogP contribution in [0.2, 0.25) is 0 Å². The SMILES string of the molecule is O=C(CSc1nnc(-c2cccs2)n1C1CC1)NN1C(=O)NC2(CCCCC2)C1=O. The summed E-state index contributed by atoms with van der Waals surface area (Å²) in [6.07, 6.45) is 6.23. The highest BCUT2D eigenvalue weighted by atomic mass is 32.2. The zero-order chi connectivity index (χ0) is 20.7. The second-order valence-corrected chi connectivity index (χ2v) is 9.81. The van der Waals surface area contributed by atoms with E-state index in [9.17, 15) is 14.4 Å². The summed E-state index contributed by atoms with van der Waals surface area (Å²) in [5, 5.41) is 14.9. The lowest BCUT2D eigenvalue weighted by Gasteiger charge is -2.30. The Hall–Kier alpha value is -2.40. The Morgan fingerprint density at radius 3 is 2.77 bits per heavy atom. The molecule has 3 fully saturated rings. The van der Waals surface area contributed by atoms with Gasteiger partial charge in [-0.1, -0.05) is 37.1 Å². The number of thiophene rings is 1. The normalized spacial score (nSPS) is 20.6. The first-order valence-corrected chi connectivity index (χ1v) is 12.0. The van der Waals surface area contributed by atoms with Gasteiger partial charge in [-0.25, -0.2) is 4.79 Å². The number of carbonyl (C=O) groups excluding carboxylic acids is 3. The largest absolute Gasteiger partial charge is 0.344 e. The molecule has 2 aliphatic carbocycles. The lowest BCUT2D eigenvalue weighted by Crippen LogP contribution is -2.51. The molecule has 2 saturated carbocycles. The van der Waals surface area contributed by atoms with E-state index in [2.05, 4.69) is 25.5 Å². The zero-order valence-corrected chi connectivity index (χ0v) is 17.9. The van der Waals surface area contributed by atoms with Crippen molar-refractivity contribution in [2.75, 3.05) is 5.75 Å². The highest BCUT2D eigenvalue weighted by Crippen LogP contribution is 2.41. The Kier molecular flexibility index (Phi) is 5.02. The van der Waals surface area contributed by atoms with E-state index in [4.69, 9.17) is 0 Å². The number of hydrogen-bond acceptors (Lipinski definition) is 7. The van der Waals surface area contributed by atoms with Crippen molar-refractivity contribution in [1.82, 2.24) is 30.5 Å². The van der Waals surface area contributed by atoms with Crippen molar-refractivity contribution in [3.63, 3.8) is 0 Å². The van der Waals surface area contributed by atoms with Crippen LogP contribution in [-0.2, 0) is 9.59 Å². The Morgan fingerprint density at radius 2 is 2.07 bits per heavy atom. The number of hydrazine groups is 1. The predicted molar refractivity (Wildman–Crippen MR) is 112 cm³/mol. The molecule has 5 rings (SSSR count). The molecule has 4 amide bonds. The molecule has 3 aliphatic rings. The van der Waals surface area contributed by atoms with Gasteiger partial charge in [0.15, 0.2) is 11.0 Å². The Labute approximate surface area is 181 Å². The lowest BCUT2D eigenvalue weighted by molar-refractivity contribution is -0.139. The number of urea groups is 1. The first-order chi connectivity index (χ1) is 14.6. The fourth-order valence-electron chi connectivity index (χ4n) is 4.11. The van der Waals surface area contributed by atoms with E-state index in [0.717, 1.165) is 47.8 Å². The predicted octanol–water partition coefficient (Wildman–Crippen LogP) is 2.72. The number of aromatic nitrogens is 3. The number of amides is 4. The van der Waals surface area contributed by atoms with Gasteiger partial charge in [0.05, 0.1) is 10.6 Å². The van der Waals surface area contributed by atoms with Crippen LogP contribution in [0.15, 0.2) is 22.7 Å². The van der Waals surface area contributed by atoms with E-state index < -0.39 is 17.5 Å². The van der Waals surface area contributed by atoms with Crippen LogP contribution in [0.25, 0.3) is 10.7 Å². The van der Waals surface area contributed by atoms with E-state index in [1.165, 1.54) is 11.8 Å². The van der Waals surface area contributed by atoms with Crippen LogP contribution in [0.1, 0.15) is 51.0 Å². The standard InChI is InChI=1S/C19H22N6O3S2/c26-14(23-25-16(27)19(20-17(25)28)8-2-1-3-9-19)11-30-18-22-21-15(13-5-4-10-29-13)24(18)12-6-7-12/h4-5,10,12H,1-3,6-9,11H2,(H,20,28)(H,23,26). The summed E-state index contributed by atoms with van der Waals surface area (Å²) in [5.41, 5.74) is 1.63. The molecule has 0 atom stereocenters. The molecule has 9 nitrogen and oxygen atoms in total. The van der Waals surface area contributed by atoms with Crippen LogP contribution in [-0.4, -0.2) is 48.9 Å². The van der Waals surface area contributed by atoms with Crippen molar-refractivity contribution in [2.24, 2.45) is 0 Å². The molecule has 2 N–H and O–H groups in total. The summed E-state index contributed by atoms with van der Waals surface area (Å²) >= 11 is 2.87. The molecule has 30 heavy (non-hydrogen) atoms. The monoisotopic (exact) mass is 446 g/mol. The average Bonchev–Trinajstić information content (AvgIpc) is 3.19. The minimum absolute atomic E-state index is 0.0410. The van der Waals surface area contributed by atoms with Gasteiger partial charge in [0.1, 0.15) is 5.54 Å². The maximum Gasteiger partial charge on any atom is 0.344 e. The molecule has 0 aromatic carbocycles. The minimum atomic E-state index is -0.850. The van der Waals surface area contributed by atoms with Crippen molar-refractivity contribution in [1.29, 1.82) is 0 Å². The van der Waals surface area contributed by atoms with Crippen molar-refractivity contribution in [3.8, 4) is 10.7 Å². The molecular weight excluding hydrogens is 424 g/mol. The number of hydrogen-bond donors (Lipinski definition) is 2. The lowest BCUT2D eigenvalue weighted by atomic mass is 9.82. The summed E-state index contributed by atoms with van der Waals surface area (Å²) in [6.45, 7) is 0. The zero-order valence-electron chi connectivity index (χ0n) is 16.3.